The van der Waals surface area contributed by atoms with E-state index < -0.39 is 0 Å². The predicted octanol–water partition coefficient (Wildman–Crippen LogP) is 3.40. The van der Waals surface area contributed by atoms with Gasteiger partial charge in [-0.05, 0) is 25.1 Å². The molecule has 5 rings (SSSR count). The predicted molar refractivity (Wildman–Crippen MR) is 129 cm³/mol. The van der Waals surface area contributed by atoms with Crippen LogP contribution in [0.5, 0.6) is 0 Å². The number of aromatic amines is 1. The van der Waals surface area contributed by atoms with Gasteiger partial charge in [0.2, 0.25) is 5.91 Å². The van der Waals surface area contributed by atoms with E-state index in [-0.39, 0.29) is 24.5 Å². The Morgan fingerprint density at radius 1 is 1.18 bits per heavy atom. The molecule has 0 radical (unpaired) electrons. The van der Waals surface area contributed by atoms with Crippen molar-refractivity contribution in [2.24, 2.45) is 0 Å². The molecule has 0 aliphatic carbocycles. The minimum Gasteiger partial charge on any atom is -0.368 e. The molecule has 0 spiro atoms. The van der Waals surface area contributed by atoms with E-state index >= 15 is 0 Å². The van der Waals surface area contributed by atoms with Crippen LogP contribution in [0.3, 0.4) is 0 Å². The zero-order chi connectivity index (χ0) is 23.5. The zero-order valence-electron chi connectivity index (χ0n) is 18.8. The first kappa shape index (κ1) is 22.2. The van der Waals surface area contributed by atoms with Gasteiger partial charge in [0.05, 0.1) is 41.2 Å². The number of benzene rings is 1. The van der Waals surface area contributed by atoms with Crippen LogP contribution in [0, 0.1) is 6.92 Å². The monoisotopic (exact) mass is 475 g/mol. The summed E-state index contributed by atoms with van der Waals surface area (Å²) in [6.07, 6.45) is 3.07. The Morgan fingerprint density at radius 3 is 2.82 bits per heavy atom. The first-order chi connectivity index (χ1) is 16.6. The lowest BCUT2D eigenvalue weighted by Crippen LogP contribution is -2.39. The van der Waals surface area contributed by atoms with Crippen molar-refractivity contribution in [3.05, 3.63) is 82.2 Å². The van der Waals surface area contributed by atoms with E-state index in [1.54, 1.807) is 33.5 Å². The number of aromatic nitrogens is 3. The van der Waals surface area contributed by atoms with Crippen molar-refractivity contribution < 1.29 is 14.3 Å². The van der Waals surface area contributed by atoms with Crippen molar-refractivity contribution in [3.63, 3.8) is 0 Å². The average molecular weight is 476 g/mol. The molecule has 0 saturated carbocycles. The van der Waals surface area contributed by atoms with Crippen LogP contribution in [-0.4, -0.2) is 62.3 Å². The number of carbonyl (C=O) groups is 2. The van der Waals surface area contributed by atoms with Gasteiger partial charge in [0.15, 0.2) is 0 Å². The van der Waals surface area contributed by atoms with E-state index in [0.29, 0.717) is 31.8 Å². The number of para-hydroxylation sites is 1. The number of rotatable bonds is 6. The van der Waals surface area contributed by atoms with Crippen LogP contribution in [0.2, 0.25) is 0 Å². The molecule has 4 aromatic rings. The summed E-state index contributed by atoms with van der Waals surface area (Å²) in [4.78, 5) is 42.0. The van der Waals surface area contributed by atoms with Crippen molar-refractivity contribution in [1.82, 2.24) is 24.8 Å². The van der Waals surface area contributed by atoms with Gasteiger partial charge < -0.3 is 19.5 Å². The first-order valence-electron chi connectivity index (χ1n) is 11.1. The lowest BCUT2D eigenvalue weighted by molar-refractivity contribution is -0.132. The maximum atomic E-state index is 13.5. The molecule has 34 heavy (non-hydrogen) atoms. The minimum atomic E-state index is -0.359. The summed E-state index contributed by atoms with van der Waals surface area (Å²) in [6.45, 7) is 3.31. The Hall–Kier alpha value is -3.56. The fourth-order valence-corrected chi connectivity index (χ4v) is 4.78. The number of carbonyl (C=O) groups excluding carboxylic acids is 2. The van der Waals surface area contributed by atoms with Crippen LogP contribution < -0.4 is 0 Å². The third-order valence-corrected chi connectivity index (χ3v) is 6.67. The fourth-order valence-electron chi connectivity index (χ4n) is 4.17. The van der Waals surface area contributed by atoms with Gasteiger partial charge in [0, 0.05) is 41.8 Å². The maximum Gasteiger partial charge on any atom is 0.256 e. The molecule has 1 atom stereocenters. The van der Waals surface area contributed by atoms with E-state index in [1.807, 2.05) is 54.8 Å². The zero-order valence-corrected chi connectivity index (χ0v) is 19.6. The number of ether oxygens (including phenoxy) is 1. The number of fused-ring (bicyclic) bond motifs is 1. The van der Waals surface area contributed by atoms with Crippen molar-refractivity contribution in [1.29, 1.82) is 0 Å². The molecule has 1 unspecified atom stereocenters. The number of amides is 2. The lowest BCUT2D eigenvalue weighted by atomic mass is 10.1. The van der Waals surface area contributed by atoms with Crippen LogP contribution in [0.1, 0.15) is 26.8 Å². The number of pyridine rings is 1. The quantitative estimate of drug-likeness (QED) is 0.462. The van der Waals surface area contributed by atoms with Gasteiger partial charge in [-0.25, -0.2) is 4.98 Å². The molecule has 2 amide bonds. The number of hydrogen-bond acceptors (Lipinski definition) is 6. The topological polar surface area (TPSA) is 91.4 Å². The largest absolute Gasteiger partial charge is 0.368 e. The molecule has 1 fully saturated rings. The molecule has 1 saturated heterocycles. The number of H-pyrrole nitrogens is 1. The smallest absolute Gasteiger partial charge is 0.256 e. The summed E-state index contributed by atoms with van der Waals surface area (Å²) in [6, 6.07) is 13.3. The van der Waals surface area contributed by atoms with Crippen molar-refractivity contribution >= 4 is 34.1 Å². The highest BCUT2D eigenvalue weighted by molar-refractivity contribution is 7.09. The summed E-state index contributed by atoms with van der Waals surface area (Å²) >= 11 is 1.56. The number of nitrogens with one attached hydrogen (secondary N) is 1. The molecule has 174 valence electrons. The molecule has 8 nitrogen and oxygen atoms in total. The van der Waals surface area contributed by atoms with Gasteiger partial charge in [-0.3, -0.25) is 14.6 Å². The van der Waals surface area contributed by atoms with Crippen LogP contribution in [0.15, 0.2) is 60.2 Å². The molecule has 1 aliphatic rings. The van der Waals surface area contributed by atoms with Crippen molar-refractivity contribution in [3.8, 4) is 0 Å². The van der Waals surface area contributed by atoms with E-state index in [9.17, 15) is 9.59 Å². The molecule has 1 aromatic carbocycles. The third-order valence-electron chi connectivity index (χ3n) is 5.85. The molecule has 1 aliphatic heterocycles. The lowest BCUT2D eigenvalue weighted by Gasteiger charge is -2.24. The van der Waals surface area contributed by atoms with Gasteiger partial charge in [-0.1, -0.05) is 24.3 Å². The Balaban J connectivity index is 1.39. The molecule has 9 heteroatoms. The summed E-state index contributed by atoms with van der Waals surface area (Å²) in [5, 5.41) is 3.76. The maximum absolute atomic E-state index is 13.5. The number of hydrogen-bond donors (Lipinski definition) is 1. The SMILES string of the molecule is Cc1nc(CN2CC(OCc3ccccn3)CN(C(=O)c3c[nH]c4ccccc34)CC2=O)cs1. The second-order valence-corrected chi connectivity index (χ2v) is 9.38. The molecule has 3 aromatic heterocycles. The van der Waals surface area contributed by atoms with Gasteiger partial charge in [-0.2, -0.15) is 0 Å². The van der Waals surface area contributed by atoms with Crippen molar-refractivity contribution in [2.45, 2.75) is 26.2 Å². The van der Waals surface area contributed by atoms with Gasteiger partial charge in [0.25, 0.3) is 5.91 Å². The fraction of sp³-hybridized carbons (Fsp3) is 0.280. The summed E-state index contributed by atoms with van der Waals surface area (Å²) < 4.78 is 6.18. The Morgan fingerprint density at radius 2 is 2.03 bits per heavy atom. The average Bonchev–Trinajstić information content (AvgIpc) is 3.43. The number of nitrogens with zero attached hydrogens (tertiary/aromatic N) is 4. The summed E-state index contributed by atoms with van der Waals surface area (Å²) in [5.74, 6) is -0.314. The van der Waals surface area contributed by atoms with Crippen molar-refractivity contribution in [2.75, 3.05) is 19.6 Å². The van der Waals surface area contributed by atoms with E-state index in [2.05, 4.69) is 15.0 Å². The number of aryl methyl sites for hydroxylation is 1. The van der Waals surface area contributed by atoms with Gasteiger partial charge in [0.1, 0.15) is 6.54 Å². The summed E-state index contributed by atoms with van der Waals surface area (Å²) in [7, 11) is 0. The van der Waals surface area contributed by atoms with Crippen LogP contribution in [0.4, 0.5) is 0 Å². The van der Waals surface area contributed by atoms with E-state index in [1.165, 1.54) is 0 Å². The van der Waals surface area contributed by atoms with Gasteiger partial charge in [-0.15, -0.1) is 11.3 Å². The normalized spacial score (nSPS) is 16.7. The Kier molecular flexibility index (Phi) is 6.37. The van der Waals surface area contributed by atoms with Gasteiger partial charge >= 0.3 is 0 Å². The summed E-state index contributed by atoms with van der Waals surface area (Å²) in [5.41, 5.74) is 3.08. The van der Waals surface area contributed by atoms with Crippen LogP contribution in [-0.2, 0) is 22.7 Å². The van der Waals surface area contributed by atoms with E-state index in [4.69, 9.17) is 4.74 Å². The Bertz CT molecular complexity index is 1300. The van der Waals surface area contributed by atoms with Crippen LogP contribution in [0.25, 0.3) is 10.9 Å². The minimum absolute atomic E-state index is 0.00902. The number of thiazole rings is 1. The Labute approximate surface area is 201 Å². The second kappa shape index (κ2) is 9.74. The molecular weight excluding hydrogens is 450 g/mol. The molecule has 4 heterocycles. The molecule has 0 bridgehead atoms. The molecular formula is C25H25N5O3S. The third kappa shape index (κ3) is 4.85. The van der Waals surface area contributed by atoms with E-state index in [0.717, 1.165) is 27.3 Å². The first-order valence-corrected chi connectivity index (χ1v) is 12.0. The van der Waals surface area contributed by atoms with Crippen LogP contribution >= 0.6 is 11.3 Å². The highest BCUT2D eigenvalue weighted by Crippen LogP contribution is 2.22. The highest BCUT2D eigenvalue weighted by atomic mass is 32.1. The second-order valence-electron chi connectivity index (χ2n) is 8.32. The molecule has 1 N–H and O–H groups in total. The standard InChI is InChI=1S/C25H25N5O3S/c1-17-28-19(16-34-17)11-29-12-20(33-15-18-6-4-5-9-26-18)13-30(14-24(29)31)25(32)22-10-27-23-8-3-2-7-21(22)23/h2-10,16,20,27H,11-15H2,1H3. The highest BCUT2D eigenvalue weighted by Gasteiger charge is 2.32.